The second kappa shape index (κ2) is 9.66. The van der Waals surface area contributed by atoms with Gasteiger partial charge >= 0.3 is 6.09 Å². The topological polar surface area (TPSA) is 62.3 Å². The fourth-order valence-electron chi connectivity index (χ4n) is 3.10. The third-order valence-corrected chi connectivity index (χ3v) is 4.60. The van der Waals surface area contributed by atoms with Gasteiger partial charge in [0.05, 0.1) is 5.69 Å². The van der Waals surface area contributed by atoms with Crippen molar-refractivity contribution < 1.29 is 19.1 Å². The first-order valence-electron chi connectivity index (χ1n) is 9.97. The van der Waals surface area contributed by atoms with Crippen LogP contribution in [0.2, 0.25) is 0 Å². The lowest BCUT2D eigenvalue weighted by Crippen LogP contribution is -2.50. The van der Waals surface area contributed by atoms with Crippen LogP contribution in [0, 0.1) is 0 Å². The van der Waals surface area contributed by atoms with Crippen LogP contribution in [-0.4, -0.2) is 73.3 Å². The molecule has 0 aromatic heterocycles. The minimum absolute atomic E-state index is 0.0189. The van der Waals surface area contributed by atoms with E-state index in [0.29, 0.717) is 45.0 Å². The number of para-hydroxylation sites is 2. The number of benzene rings is 1. The number of ether oxygens (including phenoxy) is 2. The van der Waals surface area contributed by atoms with Crippen molar-refractivity contribution in [2.75, 3.05) is 50.8 Å². The fraction of sp³-hybridized carbons (Fsp3) is 0.619. The van der Waals surface area contributed by atoms with Crippen LogP contribution in [0.15, 0.2) is 24.3 Å². The van der Waals surface area contributed by atoms with Crippen molar-refractivity contribution in [3.05, 3.63) is 24.3 Å². The predicted octanol–water partition coefficient (Wildman–Crippen LogP) is 2.99. The van der Waals surface area contributed by atoms with Crippen molar-refractivity contribution in [2.45, 2.75) is 40.2 Å². The van der Waals surface area contributed by atoms with Gasteiger partial charge in [0.2, 0.25) is 0 Å². The van der Waals surface area contributed by atoms with Crippen molar-refractivity contribution in [1.29, 1.82) is 0 Å². The summed E-state index contributed by atoms with van der Waals surface area (Å²) in [6, 6.07) is 7.72. The summed E-state index contributed by atoms with van der Waals surface area (Å²) in [5.41, 5.74) is 0.449. The smallest absolute Gasteiger partial charge is 0.410 e. The molecule has 7 nitrogen and oxygen atoms in total. The van der Waals surface area contributed by atoms with E-state index >= 15 is 0 Å². The zero-order valence-electron chi connectivity index (χ0n) is 17.7. The third-order valence-electron chi connectivity index (χ3n) is 4.60. The average molecular weight is 392 g/mol. The molecular weight excluding hydrogens is 358 g/mol. The van der Waals surface area contributed by atoms with E-state index in [0.717, 1.165) is 5.69 Å². The van der Waals surface area contributed by atoms with Crippen molar-refractivity contribution in [3.63, 3.8) is 0 Å². The molecule has 1 saturated heterocycles. The maximum Gasteiger partial charge on any atom is 0.410 e. The third kappa shape index (κ3) is 6.04. The Hall–Kier alpha value is -2.44. The van der Waals surface area contributed by atoms with E-state index < -0.39 is 5.60 Å². The minimum atomic E-state index is -0.494. The molecule has 1 aliphatic heterocycles. The van der Waals surface area contributed by atoms with Gasteiger partial charge in [-0.25, -0.2) is 4.79 Å². The van der Waals surface area contributed by atoms with Gasteiger partial charge < -0.3 is 24.2 Å². The van der Waals surface area contributed by atoms with Crippen LogP contribution in [0.25, 0.3) is 0 Å². The molecule has 2 amide bonds. The zero-order chi connectivity index (χ0) is 20.7. The van der Waals surface area contributed by atoms with Crippen molar-refractivity contribution in [3.8, 4) is 5.75 Å². The Morgan fingerprint density at radius 1 is 1.04 bits per heavy atom. The van der Waals surface area contributed by atoms with Gasteiger partial charge in [-0.1, -0.05) is 12.1 Å². The molecule has 1 aliphatic rings. The van der Waals surface area contributed by atoms with Gasteiger partial charge in [0.15, 0.2) is 6.61 Å². The number of hydrogen-bond donors (Lipinski definition) is 0. The molecule has 0 N–H and O–H groups in total. The number of nitrogens with zero attached hydrogens (tertiary/aromatic N) is 3. The Kier molecular flexibility index (Phi) is 7.54. The first-order valence-corrected chi connectivity index (χ1v) is 9.97. The summed E-state index contributed by atoms with van der Waals surface area (Å²) in [4.78, 5) is 30.1. The number of rotatable bonds is 6. The summed E-state index contributed by atoms with van der Waals surface area (Å²) >= 11 is 0. The number of anilines is 1. The monoisotopic (exact) mass is 391 g/mol. The van der Waals surface area contributed by atoms with Crippen LogP contribution < -0.4 is 9.64 Å². The first kappa shape index (κ1) is 21.9. The Balaban J connectivity index is 1.96. The number of carbonyl (C=O) groups excluding carboxylic acids is 2. The molecule has 1 heterocycles. The lowest BCUT2D eigenvalue weighted by Gasteiger charge is -2.37. The van der Waals surface area contributed by atoms with E-state index in [2.05, 4.69) is 4.90 Å². The summed E-state index contributed by atoms with van der Waals surface area (Å²) in [7, 11) is 0. The lowest BCUT2D eigenvalue weighted by molar-refractivity contribution is -0.132. The Morgan fingerprint density at radius 2 is 1.64 bits per heavy atom. The average Bonchev–Trinajstić information content (AvgIpc) is 2.66. The molecule has 1 fully saturated rings. The van der Waals surface area contributed by atoms with Crippen LogP contribution >= 0.6 is 0 Å². The highest BCUT2D eigenvalue weighted by molar-refractivity contribution is 5.78. The molecule has 28 heavy (non-hydrogen) atoms. The van der Waals surface area contributed by atoms with E-state index in [9.17, 15) is 9.59 Å². The van der Waals surface area contributed by atoms with E-state index in [-0.39, 0.29) is 18.6 Å². The highest BCUT2D eigenvalue weighted by atomic mass is 16.6. The van der Waals surface area contributed by atoms with E-state index in [1.807, 2.05) is 58.9 Å². The van der Waals surface area contributed by atoms with Gasteiger partial charge in [0.25, 0.3) is 5.91 Å². The van der Waals surface area contributed by atoms with Gasteiger partial charge in [-0.05, 0) is 46.8 Å². The maximum atomic E-state index is 12.2. The number of carbonyl (C=O) groups is 2. The molecule has 156 valence electrons. The molecule has 0 aliphatic carbocycles. The van der Waals surface area contributed by atoms with Crippen LogP contribution in [-0.2, 0) is 9.53 Å². The van der Waals surface area contributed by atoms with Gasteiger partial charge in [0, 0.05) is 39.3 Å². The Labute approximate surface area is 168 Å². The summed E-state index contributed by atoms with van der Waals surface area (Å²) in [6.07, 6.45) is -0.276. The number of hydrogen-bond acceptors (Lipinski definition) is 5. The molecular formula is C21H33N3O4. The van der Waals surface area contributed by atoms with Crippen LogP contribution in [0.5, 0.6) is 5.75 Å². The fourth-order valence-corrected chi connectivity index (χ4v) is 3.10. The second-order valence-corrected chi connectivity index (χ2v) is 7.78. The SMILES string of the molecule is CCN(CC)C(=O)COc1ccccc1N1CCN(C(=O)OC(C)(C)C)CC1. The molecule has 1 aromatic rings. The minimum Gasteiger partial charge on any atom is -0.482 e. The number of likely N-dealkylation sites (N-methyl/N-ethyl adjacent to an activating group) is 1. The molecule has 0 radical (unpaired) electrons. The lowest BCUT2D eigenvalue weighted by atomic mass is 10.2. The van der Waals surface area contributed by atoms with E-state index in [4.69, 9.17) is 9.47 Å². The molecule has 1 aromatic carbocycles. The van der Waals surface area contributed by atoms with Gasteiger partial charge in [-0.2, -0.15) is 0 Å². The normalized spacial score (nSPS) is 14.6. The quantitative estimate of drug-likeness (QED) is 0.746. The van der Waals surface area contributed by atoms with E-state index in [1.165, 1.54) is 0 Å². The first-order chi connectivity index (χ1) is 13.2. The summed E-state index contributed by atoms with van der Waals surface area (Å²) < 4.78 is 11.3. The summed E-state index contributed by atoms with van der Waals surface area (Å²) in [5, 5.41) is 0. The molecule has 2 rings (SSSR count). The summed E-state index contributed by atoms with van der Waals surface area (Å²) in [6.45, 7) is 13.4. The highest BCUT2D eigenvalue weighted by Gasteiger charge is 2.27. The molecule has 0 bridgehead atoms. The van der Waals surface area contributed by atoms with Crippen molar-refractivity contribution >= 4 is 17.7 Å². The molecule has 7 heteroatoms. The van der Waals surface area contributed by atoms with Crippen molar-refractivity contribution in [2.24, 2.45) is 0 Å². The molecule has 0 saturated carbocycles. The Morgan fingerprint density at radius 3 is 2.21 bits per heavy atom. The molecule has 0 unspecified atom stereocenters. The van der Waals surface area contributed by atoms with Crippen LogP contribution in [0.4, 0.5) is 10.5 Å². The number of amides is 2. The summed E-state index contributed by atoms with van der Waals surface area (Å²) in [5.74, 6) is 0.670. The maximum absolute atomic E-state index is 12.2. The van der Waals surface area contributed by atoms with Crippen LogP contribution in [0.1, 0.15) is 34.6 Å². The second-order valence-electron chi connectivity index (χ2n) is 7.78. The molecule has 0 spiro atoms. The van der Waals surface area contributed by atoms with Gasteiger partial charge in [-0.3, -0.25) is 4.79 Å². The largest absolute Gasteiger partial charge is 0.482 e. The van der Waals surface area contributed by atoms with E-state index in [1.54, 1.807) is 9.80 Å². The van der Waals surface area contributed by atoms with Gasteiger partial charge in [0.1, 0.15) is 11.4 Å². The van der Waals surface area contributed by atoms with Crippen LogP contribution in [0.3, 0.4) is 0 Å². The highest BCUT2D eigenvalue weighted by Crippen LogP contribution is 2.29. The zero-order valence-corrected chi connectivity index (χ0v) is 17.7. The standard InChI is InChI=1S/C21H33N3O4/c1-6-22(7-2)19(25)16-27-18-11-9-8-10-17(18)23-12-14-24(15-13-23)20(26)28-21(3,4)5/h8-11H,6-7,12-16H2,1-5H3. The molecule has 0 atom stereocenters. The Bertz CT molecular complexity index is 660. The van der Waals surface area contributed by atoms with Crippen molar-refractivity contribution in [1.82, 2.24) is 9.80 Å². The predicted molar refractivity (Wildman–Crippen MR) is 110 cm³/mol. The van der Waals surface area contributed by atoms with Gasteiger partial charge in [-0.15, -0.1) is 0 Å². The number of piperazine rings is 1.